The number of hydrogen-bond donors (Lipinski definition) is 1. The second kappa shape index (κ2) is 9.28. The zero-order valence-corrected chi connectivity index (χ0v) is 16.7. The van der Waals surface area contributed by atoms with Crippen molar-refractivity contribution < 1.29 is 13.9 Å². The smallest absolute Gasteiger partial charge is 0.276 e. The Hall–Kier alpha value is -3.58. The van der Waals surface area contributed by atoms with E-state index in [2.05, 4.69) is 10.4 Å². The van der Waals surface area contributed by atoms with Crippen molar-refractivity contribution in [3.05, 3.63) is 103 Å². The fraction of sp³-hybridized carbons (Fsp3) is 0.0435. The standard InChI is InChI=1S/C23H18FN3O2S/c24-17-10-12-18(13-11-17)29-16-27-15-14-21(26-27)23(28)25-20-8-4-5-9-22(20)30-19-6-2-1-3-7-19/h1-15H,16H2,(H,25,28). The van der Waals surface area contributed by atoms with Gasteiger partial charge in [-0.2, -0.15) is 5.10 Å². The van der Waals surface area contributed by atoms with Crippen LogP contribution in [0.2, 0.25) is 0 Å². The summed E-state index contributed by atoms with van der Waals surface area (Å²) in [6, 6.07) is 24.9. The predicted octanol–water partition coefficient (Wildman–Crippen LogP) is 5.46. The largest absolute Gasteiger partial charge is 0.471 e. The van der Waals surface area contributed by atoms with E-state index in [0.717, 1.165) is 9.79 Å². The van der Waals surface area contributed by atoms with Crippen molar-refractivity contribution in [1.29, 1.82) is 0 Å². The number of ether oxygens (including phenoxy) is 1. The third-order valence-corrected chi connectivity index (χ3v) is 5.24. The van der Waals surface area contributed by atoms with Gasteiger partial charge in [-0.25, -0.2) is 9.07 Å². The van der Waals surface area contributed by atoms with E-state index in [-0.39, 0.29) is 24.1 Å². The number of hydrogen-bond acceptors (Lipinski definition) is 4. The quantitative estimate of drug-likeness (QED) is 0.432. The minimum atomic E-state index is -0.328. The lowest BCUT2D eigenvalue weighted by Crippen LogP contribution is -2.14. The first kappa shape index (κ1) is 19.7. The minimum Gasteiger partial charge on any atom is -0.471 e. The first-order valence-corrected chi connectivity index (χ1v) is 10.0. The highest BCUT2D eigenvalue weighted by Gasteiger charge is 2.13. The van der Waals surface area contributed by atoms with Gasteiger partial charge in [-0.1, -0.05) is 42.1 Å². The molecule has 1 N–H and O–H groups in total. The molecule has 1 heterocycles. The Labute approximate surface area is 177 Å². The van der Waals surface area contributed by atoms with Gasteiger partial charge in [0.2, 0.25) is 0 Å². The summed E-state index contributed by atoms with van der Waals surface area (Å²) >= 11 is 1.58. The second-order valence-electron chi connectivity index (χ2n) is 6.33. The number of rotatable bonds is 7. The Morgan fingerprint density at radius 1 is 0.967 bits per heavy atom. The summed E-state index contributed by atoms with van der Waals surface area (Å²) in [5, 5.41) is 7.17. The van der Waals surface area contributed by atoms with E-state index in [1.165, 1.54) is 28.9 Å². The van der Waals surface area contributed by atoms with Crippen LogP contribution in [0.25, 0.3) is 0 Å². The van der Waals surface area contributed by atoms with E-state index in [4.69, 9.17) is 4.74 Å². The van der Waals surface area contributed by atoms with Crippen molar-refractivity contribution in [2.75, 3.05) is 5.32 Å². The number of anilines is 1. The maximum atomic E-state index is 13.0. The average molecular weight is 419 g/mol. The third-order valence-electron chi connectivity index (χ3n) is 4.16. The zero-order valence-electron chi connectivity index (χ0n) is 15.9. The number of nitrogens with one attached hydrogen (secondary N) is 1. The normalized spacial score (nSPS) is 10.6. The number of aromatic nitrogens is 2. The lowest BCUT2D eigenvalue weighted by Gasteiger charge is -2.10. The fourth-order valence-electron chi connectivity index (χ4n) is 2.69. The molecule has 1 aromatic heterocycles. The highest BCUT2D eigenvalue weighted by Crippen LogP contribution is 2.33. The van der Waals surface area contributed by atoms with Crippen molar-refractivity contribution in [1.82, 2.24) is 9.78 Å². The van der Waals surface area contributed by atoms with Crippen LogP contribution in [0.4, 0.5) is 10.1 Å². The van der Waals surface area contributed by atoms with Crippen molar-refractivity contribution >= 4 is 23.4 Å². The van der Waals surface area contributed by atoms with Gasteiger partial charge in [0.1, 0.15) is 11.6 Å². The number of halogens is 1. The van der Waals surface area contributed by atoms with Gasteiger partial charge in [0, 0.05) is 16.0 Å². The molecular weight excluding hydrogens is 401 g/mol. The summed E-state index contributed by atoms with van der Waals surface area (Å²) in [7, 11) is 0. The van der Waals surface area contributed by atoms with Crippen molar-refractivity contribution in [2.45, 2.75) is 16.5 Å². The molecule has 1 amide bonds. The minimum absolute atomic E-state index is 0.110. The lowest BCUT2D eigenvalue weighted by atomic mass is 10.3. The van der Waals surface area contributed by atoms with E-state index in [9.17, 15) is 9.18 Å². The second-order valence-corrected chi connectivity index (χ2v) is 7.45. The van der Waals surface area contributed by atoms with Crippen molar-refractivity contribution in [3.8, 4) is 5.75 Å². The van der Waals surface area contributed by atoms with Crippen LogP contribution in [-0.4, -0.2) is 15.7 Å². The first-order valence-electron chi connectivity index (χ1n) is 9.22. The molecular formula is C23H18FN3O2S. The van der Waals surface area contributed by atoms with Crippen molar-refractivity contribution in [3.63, 3.8) is 0 Å². The molecule has 0 saturated carbocycles. The molecule has 0 aliphatic heterocycles. The highest BCUT2D eigenvalue weighted by atomic mass is 32.2. The Kier molecular flexibility index (Phi) is 6.10. The summed E-state index contributed by atoms with van der Waals surface area (Å²) in [5.41, 5.74) is 0.991. The summed E-state index contributed by atoms with van der Waals surface area (Å²) in [6.07, 6.45) is 1.66. The highest BCUT2D eigenvalue weighted by molar-refractivity contribution is 7.99. The fourth-order valence-corrected chi connectivity index (χ4v) is 3.61. The number of nitrogens with zero attached hydrogens (tertiary/aromatic N) is 2. The van der Waals surface area contributed by atoms with Crippen LogP contribution in [0, 0.1) is 5.82 Å². The molecule has 7 heteroatoms. The number of para-hydroxylation sites is 1. The van der Waals surface area contributed by atoms with Gasteiger partial charge >= 0.3 is 0 Å². The van der Waals surface area contributed by atoms with Crippen LogP contribution in [0.1, 0.15) is 10.5 Å². The molecule has 0 bridgehead atoms. The maximum Gasteiger partial charge on any atom is 0.276 e. The molecule has 0 saturated heterocycles. The molecule has 0 aliphatic rings. The summed E-state index contributed by atoms with van der Waals surface area (Å²) in [5.74, 6) is -0.118. The molecule has 4 rings (SSSR count). The third kappa shape index (κ3) is 5.07. The number of carbonyl (C=O) groups excluding carboxylic acids is 1. The first-order chi connectivity index (χ1) is 14.7. The van der Waals surface area contributed by atoms with E-state index in [1.54, 1.807) is 24.0 Å². The summed E-state index contributed by atoms with van der Waals surface area (Å²) in [6.45, 7) is 0.110. The lowest BCUT2D eigenvalue weighted by molar-refractivity contribution is 0.102. The van der Waals surface area contributed by atoms with E-state index >= 15 is 0 Å². The maximum absolute atomic E-state index is 13.0. The van der Waals surface area contributed by atoms with E-state index < -0.39 is 0 Å². The van der Waals surface area contributed by atoms with Gasteiger partial charge < -0.3 is 10.1 Å². The van der Waals surface area contributed by atoms with Crippen LogP contribution in [0.5, 0.6) is 5.75 Å². The molecule has 4 aromatic rings. The topological polar surface area (TPSA) is 56.2 Å². The van der Waals surface area contributed by atoms with Crippen molar-refractivity contribution in [2.24, 2.45) is 0 Å². The van der Waals surface area contributed by atoms with Gasteiger partial charge in [-0.3, -0.25) is 4.79 Å². The Morgan fingerprint density at radius 3 is 2.50 bits per heavy atom. The number of amides is 1. The Balaban J connectivity index is 1.40. The molecule has 0 fully saturated rings. The van der Waals surface area contributed by atoms with Crippen LogP contribution in [-0.2, 0) is 6.73 Å². The molecule has 0 radical (unpaired) electrons. The average Bonchev–Trinajstić information content (AvgIpc) is 3.25. The SMILES string of the molecule is O=C(Nc1ccccc1Sc1ccccc1)c1ccn(COc2ccc(F)cc2)n1. The molecule has 5 nitrogen and oxygen atoms in total. The number of carbonyl (C=O) groups is 1. The molecule has 30 heavy (non-hydrogen) atoms. The van der Waals surface area contributed by atoms with E-state index in [0.29, 0.717) is 11.4 Å². The predicted molar refractivity (Wildman–Crippen MR) is 114 cm³/mol. The Morgan fingerprint density at radius 2 is 1.70 bits per heavy atom. The Bertz CT molecular complexity index is 1130. The molecule has 0 unspecified atom stereocenters. The van der Waals surface area contributed by atoms with Gasteiger partial charge in [0.05, 0.1) is 5.69 Å². The van der Waals surface area contributed by atoms with E-state index in [1.807, 2.05) is 54.6 Å². The molecule has 0 aliphatic carbocycles. The monoisotopic (exact) mass is 419 g/mol. The van der Waals surface area contributed by atoms with Gasteiger partial charge in [0.15, 0.2) is 12.4 Å². The molecule has 150 valence electrons. The number of benzene rings is 3. The van der Waals surface area contributed by atoms with Gasteiger partial charge in [-0.05, 0) is 54.6 Å². The van der Waals surface area contributed by atoms with Gasteiger partial charge in [0.25, 0.3) is 5.91 Å². The van der Waals surface area contributed by atoms with Crippen LogP contribution >= 0.6 is 11.8 Å². The summed E-state index contributed by atoms with van der Waals surface area (Å²) < 4.78 is 20.0. The molecule has 0 spiro atoms. The molecule has 3 aromatic carbocycles. The summed E-state index contributed by atoms with van der Waals surface area (Å²) in [4.78, 5) is 14.7. The van der Waals surface area contributed by atoms with Crippen LogP contribution in [0.15, 0.2) is 101 Å². The van der Waals surface area contributed by atoms with Gasteiger partial charge in [-0.15, -0.1) is 0 Å². The molecule has 0 atom stereocenters. The zero-order chi connectivity index (χ0) is 20.8. The van der Waals surface area contributed by atoms with Crippen LogP contribution < -0.4 is 10.1 Å². The van der Waals surface area contributed by atoms with Crippen LogP contribution in [0.3, 0.4) is 0 Å².